The number of hydrogen-bond donors (Lipinski definition) is 2. The number of nitrogens with one attached hydrogen (secondary N) is 2. The van der Waals surface area contributed by atoms with Crippen molar-refractivity contribution in [3.05, 3.63) is 77.3 Å². The first-order chi connectivity index (χ1) is 14.3. The van der Waals surface area contributed by atoms with Gasteiger partial charge in [-0.3, -0.25) is 4.79 Å². The number of nitrogens with zero attached hydrogens (tertiary/aromatic N) is 1. The Labute approximate surface area is 171 Å². The highest BCUT2D eigenvalue weighted by molar-refractivity contribution is 7.14. The number of rotatable bonds is 5. The van der Waals surface area contributed by atoms with E-state index in [1.807, 2.05) is 42.5 Å². The third-order valence-corrected chi connectivity index (χ3v) is 5.42. The van der Waals surface area contributed by atoms with Crippen molar-refractivity contribution in [2.75, 3.05) is 12.1 Å². The van der Waals surface area contributed by atoms with Crippen LogP contribution in [0.3, 0.4) is 0 Å². The van der Waals surface area contributed by atoms with Crippen LogP contribution in [0.15, 0.2) is 66.0 Å². The van der Waals surface area contributed by atoms with Crippen LogP contribution in [-0.4, -0.2) is 17.7 Å². The molecule has 1 aliphatic rings. The molecule has 0 saturated heterocycles. The van der Waals surface area contributed by atoms with E-state index in [0.29, 0.717) is 23.1 Å². The molecule has 144 valence electrons. The molecule has 29 heavy (non-hydrogen) atoms. The Balaban J connectivity index is 1.26. The van der Waals surface area contributed by atoms with Gasteiger partial charge in [-0.05, 0) is 29.1 Å². The second kappa shape index (κ2) is 7.44. The van der Waals surface area contributed by atoms with Gasteiger partial charge in [0.05, 0.1) is 0 Å². The van der Waals surface area contributed by atoms with Crippen molar-refractivity contribution in [1.29, 1.82) is 0 Å². The molecule has 5 rings (SSSR count). The van der Waals surface area contributed by atoms with Crippen molar-refractivity contribution in [2.45, 2.75) is 6.54 Å². The Hall–Kier alpha value is -3.58. The van der Waals surface area contributed by atoms with Crippen LogP contribution in [0.5, 0.6) is 11.5 Å². The lowest BCUT2D eigenvalue weighted by atomic mass is 10.1. The van der Waals surface area contributed by atoms with Crippen molar-refractivity contribution in [3.63, 3.8) is 0 Å². The van der Waals surface area contributed by atoms with Gasteiger partial charge in [-0.1, -0.05) is 42.5 Å². The number of carbonyl (C=O) groups is 1. The molecule has 0 spiro atoms. The fourth-order valence-corrected chi connectivity index (χ4v) is 3.91. The van der Waals surface area contributed by atoms with Gasteiger partial charge in [0.2, 0.25) is 6.79 Å². The van der Waals surface area contributed by atoms with E-state index >= 15 is 0 Å². The first kappa shape index (κ1) is 17.5. The molecule has 2 heterocycles. The van der Waals surface area contributed by atoms with E-state index in [1.165, 1.54) is 11.3 Å². The minimum atomic E-state index is -0.218. The molecule has 0 bridgehead atoms. The fourth-order valence-electron chi connectivity index (χ4n) is 3.21. The lowest BCUT2D eigenvalue weighted by Gasteiger charge is -2.07. The average Bonchev–Trinajstić information content (AvgIpc) is 3.41. The van der Waals surface area contributed by atoms with Gasteiger partial charge in [0.1, 0.15) is 5.69 Å². The molecule has 0 fully saturated rings. The summed E-state index contributed by atoms with van der Waals surface area (Å²) in [7, 11) is 0. The topological polar surface area (TPSA) is 72.5 Å². The molecule has 0 radical (unpaired) electrons. The van der Waals surface area contributed by atoms with Gasteiger partial charge in [-0.25, -0.2) is 4.98 Å². The van der Waals surface area contributed by atoms with Crippen LogP contribution in [0.4, 0.5) is 10.8 Å². The van der Waals surface area contributed by atoms with Crippen LogP contribution in [0.25, 0.3) is 10.8 Å². The summed E-state index contributed by atoms with van der Waals surface area (Å²) < 4.78 is 10.7. The van der Waals surface area contributed by atoms with Crippen LogP contribution in [-0.2, 0) is 6.54 Å². The van der Waals surface area contributed by atoms with Gasteiger partial charge in [-0.15, -0.1) is 11.3 Å². The fraction of sp³-hybridized carbons (Fsp3) is 0.0909. The molecule has 2 N–H and O–H groups in total. The molecular weight excluding hydrogens is 386 g/mol. The summed E-state index contributed by atoms with van der Waals surface area (Å²) >= 11 is 1.40. The van der Waals surface area contributed by atoms with Gasteiger partial charge in [0, 0.05) is 23.0 Å². The molecule has 7 heteroatoms. The highest BCUT2D eigenvalue weighted by Gasteiger charge is 2.15. The SMILES string of the molecule is O=C(NCc1ccc2c(c1)OCO2)c1csc(Nc2cccc3ccccc23)n1. The van der Waals surface area contributed by atoms with Crippen LogP contribution >= 0.6 is 11.3 Å². The molecule has 0 atom stereocenters. The first-order valence-electron chi connectivity index (χ1n) is 9.13. The number of amides is 1. The molecule has 1 aromatic heterocycles. The van der Waals surface area contributed by atoms with Gasteiger partial charge < -0.3 is 20.1 Å². The minimum absolute atomic E-state index is 0.218. The monoisotopic (exact) mass is 403 g/mol. The molecule has 0 saturated carbocycles. The number of thiazole rings is 1. The predicted octanol–water partition coefficient (Wildman–Crippen LogP) is 4.70. The van der Waals surface area contributed by atoms with Gasteiger partial charge in [-0.2, -0.15) is 0 Å². The van der Waals surface area contributed by atoms with Crippen molar-refractivity contribution in [3.8, 4) is 11.5 Å². The minimum Gasteiger partial charge on any atom is -0.454 e. The summed E-state index contributed by atoms with van der Waals surface area (Å²) in [5.41, 5.74) is 2.29. The summed E-state index contributed by atoms with van der Waals surface area (Å²) in [6.45, 7) is 0.621. The smallest absolute Gasteiger partial charge is 0.271 e. The zero-order valence-corrected chi connectivity index (χ0v) is 16.2. The molecule has 6 nitrogen and oxygen atoms in total. The third kappa shape index (κ3) is 3.60. The molecule has 1 aliphatic heterocycles. The van der Waals surface area contributed by atoms with Crippen molar-refractivity contribution in [2.24, 2.45) is 0 Å². The molecule has 0 aliphatic carbocycles. The van der Waals surface area contributed by atoms with Crippen LogP contribution < -0.4 is 20.1 Å². The first-order valence-corrected chi connectivity index (χ1v) is 10.0. The number of benzene rings is 3. The second-order valence-corrected chi connectivity index (χ2v) is 7.42. The number of ether oxygens (including phenoxy) is 2. The highest BCUT2D eigenvalue weighted by atomic mass is 32.1. The molecule has 0 unspecified atom stereocenters. The number of aromatic nitrogens is 1. The van der Waals surface area contributed by atoms with E-state index < -0.39 is 0 Å². The molecule has 3 aromatic carbocycles. The van der Waals surface area contributed by atoms with Crippen LogP contribution in [0.2, 0.25) is 0 Å². The Morgan fingerprint density at radius 3 is 2.86 bits per heavy atom. The van der Waals surface area contributed by atoms with Crippen molar-refractivity contribution in [1.82, 2.24) is 10.3 Å². The Morgan fingerprint density at radius 1 is 1.03 bits per heavy atom. The number of fused-ring (bicyclic) bond motifs is 2. The Kier molecular flexibility index (Phi) is 4.50. The van der Waals surface area contributed by atoms with E-state index in [1.54, 1.807) is 5.38 Å². The second-order valence-electron chi connectivity index (χ2n) is 6.56. The maximum Gasteiger partial charge on any atom is 0.271 e. The van der Waals surface area contributed by atoms with Crippen molar-refractivity contribution < 1.29 is 14.3 Å². The number of anilines is 2. The Morgan fingerprint density at radius 2 is 1.90 bits per heavy atom. The molecular formula is C22H17N3O3S. The van der Waals surface area contributed by atoms with Crippen LogP contribution in [0.1, 0.15) is 16.1 Å². The van der Waals surface area contributed by atoms with E-state index in [9.17, 15) is 4.79 Å². The number of carbonyl (C=O) groups excluding carboxylic acids is 1. The van der Waals surface area contributed by atoms with Gasteiger partial charge >= 0.3 is 0 Å². The van der Waals surface area contributed by atoms with E-state index in [4.69, 9.17) is 9.47 Å². The lowest BCUT2D eigenvalue weighted by Crippen LogP contribution is -2.23. The zero-order chi connectivity index (χ0) is 19.6. The maximum atomic E-state index is 12.5. The lowest BCUT2D eigenvalue weighted by molar-refractivity contribution is 0.0946. The van der Waals surface area contributed by atoms with Gasteiger partial charge in [0.25, 0.3) is 5.91 Å². The number of hydrogen-bond acceptors (Lipinski definition) is 6. The van der Waals surface area contributed by atoms with Crippen LogP contribution in [0, 0.1) is 0 Å². The molecule has 1 amide bonds. The average molecular weight is 403 g/mol. The zero-order valence-electron chi connectivity index (χ0n) is 15.3. The highest BCUT2D eigenvalue weighted by Crippen LogP contribution is 2.32. The van der Waals surface area contributed by atoms with Crippen molar-refractivity contribution >= 4 is 38.8 Å². The Bertz CT molecular complexity index is 1200. The summed E-state index contributed by atoms with van der Waals surface area (Å²) in [5, 5.41) is 10.9. The molecule has 4 aromatic rings. The predicted molar refractivity (Wildman–Crippen MR) is 113 cm³/mol. The normalized spacial score (nSPS) is 12.1. The van der Waals surface area contributed by atoms with Gasteiger partial charge in [0.15, 0.2) is 16.6 Å². The maximum absolute atomic E-state index is 12.5. The summed E-state index contributed by atoms with van der Waals surface area (Å²) in [4.78, 5) is 16.9. The van der Waals surface area contributed by atoms with E-state index in [2.05, 4.69) is 33.8 Å². The third-order valence-electron chi connectivity index (χ3n) is 4.66. The summed E-state index contributed by atoms with van der Waals surface area (Å²) in [6.07, 6.45) is 0. The summed E-state index contributed by atoms with van der Waals surface area (Å²) in [5.74, 6) is 1.21. The van der Waals surface area contributed by atoms with E-state index in [0.717, 1.165) is 27.8 Å². The largest absolute Gasteiger partial charge is 0.454 e. The van der Waals surface area contributed by atoms with E-state index in [-0.39, 0.29) is 12.7 Å². The quantitative estimate of drug-likeness (QED) is 0.505. The standard InChI is InChI=1S/C22H17N3O3S/c26-21(23-11-14-8-9-19-20(10-14)28-13-27-19)18-12-29-22(25-18)24-17-7-3-5-15-4-1-2-6-16(15)17/h1-10,12H,11,13H2,(H,23,26)(H,24,25). The summed E-state index contributed by atoms with van der Waals surface area (Å²) in [6, 6.07) is 19.8.